The molecule has 0 spiro atoms. The molecule has 0 saturated heterocycles. The highest BCUT2D eigenvalue weighted by atomic mass is 32.2. The first-order chi connectivity index (χ1) is 15.2. The average Bonchev–Trinajstić information content (AvgIpc) is 3.30. The zero-order valence-electron chi connectivity index (χ0n) is 16.9. The number of aromatic nitrogens is 2. The van der Waals surface area contributed by atoms with Crippen LogP contribution in [0.25, 0.3) is 11.1 Å². The minimum atomic E-state index is -0.00107. The van der Waals surface area contributed by atoms with Crippen molar-refractivity contribution in [2.24, 2.45) is 0 Å². The predicted octanol–water partition coefficient (Wildman–Crippen LogP) is 5.30. The van der Waals surface area contributed by atoms with Crippen LogP contribution in [0, 0.1) is 0 Å². The van der Waals surface area contributed by atoms with Crippen LogP contribution in [-0.4, -0.2) is 28.8 Å². The molecule has 0 bridgehead atoms. The van der Waals surface area contributed by atoms with Crippen LogP contribution in [0.5, 0.6) is 11.5 Å². The Bertz CT molecular complexity index is 1130. The normalized spacial score (nSPS) is 10.6. The Kier molecular flexibility index (Phi) is 6.64. The van der Waals surface area contributed by atoms with Crippen molar-refractivity contribution < 1.29 is 18.7 Å². The zero-order chi connectivity index (χ0) is 21.5. The van der Waals surface area contributed by atoms with Crippen LogP contribution in [0.4, 0.5) is 0 Å². The van der Waals surface area contributed by atoms with E-state index in [0.29, 0.717) is 22.4 Å². The molecule has 0 aliphatic rings. The molecule has 1 aromatic heterocycles. The molecule has 31 heavy (non-hydrogen) atoms. The van der Waals surface area contributed by atoms with E-state index in [1.165, 1.54) is 11.8 Å². The molecule has 0 fully saturated rings. The Labute approximate surface area is 184 Å². The number of hydrogen-bond donors (Lipinski definition) is 0. The fraction of sp³-hybridized carbons (Fsp3) is 0.125. The van der Waals surface area contributed by atoms with Gasteiger partial charge in [-0.05, 0) is 35.4 Å². The highest BCUT2D eigenvalue weighted by Crippen LogP contribution is 2.22. The molecule has 1 heterocycles. The minimum absolute atomic E-state index is 0.00107. The standard InChI is InChI=1S/C24H20N2O4S/c1-28-20-11-13-21(14-12-20)29-15-23-25-26-24(30-23)31-16-22(27)19-9-7-18(8-10-19)17-5-3-2-4-6-17/h2-14H,15-16H2,1H3. The molecule has 0 N–H and O–H groups in total. The number of thioether (sulfide) groups is 1. The molecule has 3 aromatic carbocycles. The third-order valence-electron chi connectivity index (χ3n) is 4.51. The van der Waals surface area contributed by atoms with Crippen molar-refractivity contribution in [2.75, 3.05) is 12.9 Å². The van der Waals surface area contributed by atoms with Crippen molar-refractivity contribution >= 4 is 17.5 Å². The number of Topliss-reactive ketones (excluding diaryl/α,β-unsaturated/α-hetero) is 1. The second kappa shape index (κ2) is 9.95. The van der Waals surface area contributed by atoms with Gasteiger partial charge in [-0.15, -0.1) is 10.2 Å². The topological polar surface area (TPSA) is 74.5 Å². The maximum absolute atomic E-state index is 12.5. The maximum atomic E-state index is 12.5. The molecule has 0 amide bonds. The predicted molar refractivity (Wildman–Crippen MR) is 119 cm³/mol. The van der Waals surface area contributed by atoms with Gasteiger partial charge in [-0.25, -0.2) is 0 Å². The molecule has 0 aliphatic heterocycles. The van der Waals surface area contributed by atoms with Crippen LogP contribution in [0.15, 0.2) is 88.5 Å². The first-order valence-corrected chi connectivity index (χ1v) is 10.6. The molecule has 6 nitrogen and oxygen atoms in total. The van der Waals surface area contributed by atoms with Crippen molar-refractivity contribution in [1.29, 1.82) is 0 Å². The number of rotatable bonds is 9. The molecule has 7 heteroatoms. The van der Waals surface area contributed by atoms with Gasteiger partial charge >= 0.3 is 0 Å². The Morgan fingerprint density at radius 1 is 0.871 bits per heavy atom. The lowest BCUT2D eigenvalue weighted by Crippen LogP contribution is -2.02. The van der Waals surface area contributed by atoms with Gasteiger partial charge < -0.3 is 13.9 Å². The average molecular weight is 433 g/mol. The van der Waals surface area contributed by atoms with E-state index in [0.717, 1.165) is 16.9 Å². The van der Waals surface area contributed by atoms with Crippen LogP contribution in [0.2, 0.25) is 0 Å². The molecule has 0 saturated carbocycles. The number of hydrogen-bond acceptors (Lipinski definition) is 7. The van der Waals surface area contributed by atoms with Crippen LogP contribution in [0.3, 0.4) is 0 Å². The van der Waals surface area contributed by atoms with Crippen molar-refractivity contribution in [2.45, 2.75) is 11.8 Å². The molecular weight excluding hydrogens is 412 g/mol. The molecule has 156 valence electrons. The van der Waals surface area contributed by atoms with E-state index in [2.05, 4.69) is 10.2 Å². The lowest BCUT2D eigenvalue weighted by molar-refractivity contribution is 0.102. The van der Waals surface area contributed by atoms with Crippen molar-refractivity contribution in [3.8, 4) is 22.6 Å². The first-order valence-electron chi connectivity index (χ1n) is 9.62. The van der Waals surface area contributed by atoms with Gasteiger partial charge in [0.2, 0.25) is 0 Å². The second-order valence-corrected chi connectivity index (χ2v) is 7.51. The van der Waals surface area contributed by atoms with Crippen LogP contribution in [0.1, 0.15) is 16.2 Å². The molecule has 0 atom stereocenters. The summed E-state index contributed by atoms with van der Waals surface area (Å²) in [5, 5.41) is 8.27. The van der Waals surface area contributed by atoms with Crippen LogP contribution in [-0.2, 0) is 6.61 Å². The summed E-state index contributed by atoms with van der Waals surface area (Å²) in [5.41, 5.74) is 2.84. The summed E-state index contributed by atoms with van der Waals surface area (Å²) >= 11 is 1.21. The summed E-state index contributed by atoms with van der Waals surface area (Å²) in [4.78, 5) is 12.5. The lowest BCUT2D eigenvalue weighted by atomic mass is 10.0. The van der Waals surface area contributed by atoms with E-state index < -0.39 is 0 Å². The summed E-state index contributed by atoms with van der Waals surface area (Å²) in [6.45, 7) is 0.148. The number of ether oxygens (including phenoxy) is 2. The van der Waals surface area contributed by atoms with E-state index in [-0.39, 0.29) is 18.1 Å². The van der Waals surface area contributed by atoms with Crippen LogP contribution < -0.4 is 9.47 Å². The largest absolute Gasteiger partial charge is 0.497 e. The maximum Gasteiger partial charge on any atom is 0.277 e. The Morgan fingerprint density at radius 3 is 2.26 bits per heavy atom. The molecular formula is C24H20N2O4S. The zero-order valence-corrected chi connectivity index (χ0v) is 17.7. The summed E-state index contributed by atoms with van der Waals surface area (Å²) < 4.78 is 16.3. The van der Waals surface area contributed by atoms with Crippen molar-refractivity contribution in [3.63, 3.8) is 0 Å². The molecule has 0 radical (unpaired) electrons. The van der Waals surface area contributed by atoms with E-state index >= 15 is 0 Å². The Hall–Kier alpha value is -3.58. The second-order valence-electron chi connectivity index (χ2n) is 6.58. The van der Waals surface area contributed by atoms with Crippen molar-refractivity contribution in [1.82, 2.24) is 10.2 Å². The fourth-order valence-electron chi connectivity index (χ4n) is 2.86. The van der Waals surface area contributed by atoms with E-state index in [4.69, 9.17) is 13.9 Å². The summed E-state index contributed by atoms with van der Waals surface area (Å²) in [7, 11) is 1.61. The number of carbonyl (C=O) groups is 1. The number of nitrogens with zero attached hydrogens (tertiary/aromatic N) is 2. The number of benzene rings is 3. The smallest absolute Gasteiger partial charge is 0.277 e. The number of ketones is 1. The highest BCUT2D eigenvalue weighted by Gasteiger charge is 2.12. The molecule has 0 unspecified atom stereocenters. The van der Waals surface area contributed by atoms with Crippen LogP contribution >= 0.6 is 11.8 Å². The van der Waals surface area contributed by atoms with Gasteiger partial charge in [-0.2, -0.15) is 0 Å². The summed E-state index contributed by atoms with van der Waals surface area (Å²) in [5.74, 6) is 1.98. The number of methoxy groups -OCH3 is 1. The molecule has 4 rings (SSSR count). The quantitative estimate of drug-likeness (QED) is 0.262. The van der Waals surface area contributed by atoms with Gasteiger partial charge in [0.15, 0.2) is 12.4 Å². The lowest BCUT2D eigenvalue weighted by Gasteiger charge is -2.04. The third-order valence-corrected chi connectivity index (χ3v) is 5.33. The van der Waals surface area contributed by atoms with Gasteiger partial charge in [-0.3, -0.25) is 4.79 Å². The first kappa shape index (κ1) is 20.7. The minimum Gasteiger partial charge on any atom is -0.497 e. The SMILES string of the molecule is COc1ccc(OCc2nnc(SCC(=O)c3ccc(-c4ccccc4)cc3)o2)cc1. The van der Waals surface area contributed by atoms with Gasteiger partial charge in [0, 0.05) is 5.56 Å². The third kappa shape index (κ3) is 5.52. The summed E-state index contributed by atoms with van der Waals surface area (Å²) in [6, 6.07) is 24.8. The monoisotopic (exact) mass is 432 g/mol. The van der Waals surface area contributed by atoms with Gasteiger partial charge in [0.05, 0.1) is 12.9 Å². The van der Waals surface area contributed by atoms with Gasteiger partial charge in [0.1, 0.15) is 11.5 Å². The van der Waals surface area contributed by atoms with Crippen molar-refractivity contribution in [3.05, 3.63) is 90.3 Å². The summed E-state index contributed by atoms with van der Waals surface area (Å²) in [6.07, 6.45) is 0. The fourth-order valence-corrected chi connectivity index (χ4v) is 3.54. The highest BCUT2D eigenvalue weighted by molar-refractivity contribution is 7.99. The van der Waals surface area contributed by atoms with Gasteiger partial charge in [-0.1, -0.05) is 66.4 Å². The number of carbonyl (C=O) groups excluding carboxylic acids is 1. The molecule has 0 aliphatic carbocycles. The van der Waals surface area contributed by atoms with Gasteiger partial charge in [0.25, 0.3) is 11.1 Å². The Morgan fingerprint density at radius 2 is 1.55 bits per heavy atom. The Balaban J connectivity index is 1.28. The van der Waals surface area contributed by atoms with E-state index in [1.54, 1.807) is 19.2 Å². The molecule has 4 aromatic rings. The van der Waals surface area contributed by atoms with E-state index in [9.17, 15) is 4.79 Å². The van der Waals surface area contributed by atoms with E-state index in [1.807, 2.05) is 66.7 Å².